The van der Waals surface area contributed by atoms with Crippen LogP contribution in [0, 0.1) is 29.6 Å². The number of fused-ring (bicyclic) bond motifs is 3. The van der Waals surface area contributed by atoms with Gasteiger partial charge in [-0.2, -0.15) is 10.5 Å². The second-order valence-electron chi connectivity index (χ2n) is 14.9. The van der Waals surface area contributed by atoms with Gasteiger partial charge in [0, 0.05) is 38.6 Å². The molecule has 0 saturated carbocycles. The fraction of sp³-hybridized carbons (Fsp3) is 0.0182. The zero-order valence-electron chi connectivity index (χ0n) is 32.7. The van der Waals surface area contributed by atoms with E-state index in [2.05, 4.69) is 133 Å². The van der Waals surface area contributed by atoms with E-state index in [-0.39, 0.29) is 0 Å². The summed E-state index contributed by atoms with van der Waals surface area (Å²) in [6.45, 7) is 2.15. The van der Waals surface area contributed by atoms with Crippen molar-refractivity contribution in [3.63, 3.8) is 0 Å². The highest BCUT2D eigenvalue weighted by atomic mass is 15.0. The average molecular weight is 766 g/mol. The first-order valence-corrected chi connectivity index (χ1v) is 19.9. The molecule has 0 atom stereocenters. The van der Waals surface area contributed by atoms with Gasteiger partial charge < -0.3 is 4.57 Å². The van der Waals surface area contributed by atoms with Crippen molar-refractivity contribution in [2.75, 3.05) is 0 Å². The normalized spacial score (nSPS) is 11.1. The molecular weight excluding hydrogens is 731 g/mol. The monoisotopic (exact) mass is 765 g/mol. The lowest BCUT2D eigenvalue weighted by Gasteiger charge is -2.21. The van der Waals surface area contributed by atoms with E-state index in [9.17, 15) is 10.5 Å². The van der Waals surface area contributed by atoms with E-state index in [1.54, 1.807) is 0 Å². The lowest BCUT2D eigenvalue weighted by atomic mass is 9.90. The van der Waals surface area contributed by atoms with Gasteiger partial charge in [0.15, 0.2) is 5.82 Å². The number of para-hydroxylation sites is 1. The Labute approximate surface area is 348 Å². The van der Waals surface area contributed by atoms with E-state index in [0.717, 1.165) is 83.4 Å². The van der Waals surface area contributed by atoms with Crippen LogP contribution in [0.4, 0.5) is 0 Å². The smallest absolute Gasteiger partial charge is 0.160 e. The van der Waals surface area contributed by atoms with Crippen molar-refractivity contribution < 1.29 is 0 Å². The number of aryl methyl sites for hydroxylation is 1. The number of nitrogens with zero attached hydrogens (tertiary/aromatic N) is 5. The molecule has 0 unspecified atom stereocenters. The lowest BCUT2D eigenvalue weighted by Crippen LogP contribution is -2.03. The Morgan fingerprint density at radius 1 is 0.400 bits per heavy atom. The van der Waals surface area contributed by atoms with Gasteiger partial charge >= 0.3 is 0 Å². The minimum Gasteiger partial charge on any atom is -0.308 e. The number of hydrogen-bond acceptors (Lipinski definition) is 4. The molecule has 0 amide bonds. The molecule has 0 aliphatic rings. The highest BCUT2D eigenvalue weighted by Crippen LogP contribution is 2.45. The second kappa shape index (κ2) is 15.2. The maximum atomic E-state index is 10.2. The van der Waals surface area contributed by atoms with E-state index in [4.69, 9.17) is 9.97 Å². The summed E-state index contributed by atoms with van der Waals surface area (Å²) in [6.07, 6.45) is 0. The average Bonchev–Trinajstić information content (AvgIpc) is 3.65. The standard InChI is InChI=1S/C55H35N5/c1-36-14-8-9-23-45(36)43-26-27-53-49(30-43)46-24-10-11-25-52(46)60(53)54-47(41-21-12-15-37(28-41)34-56)31-44(32-48(54)42-22-13-16-38(29-42)35-57)51-33-50(39-17-4-2-5-18-39)58-55(59-51)40-19-6-3-7-20-40/h2-33H,1H3. The first-order valence-electron chi connectivity index (χ1n) is 19.9. The third kappa shape index (κ3) is 6.47. The molecule has 2 heterocycles. The van der Waals surface area contributed by atoms with Gasteiger partial charge in [0.2, 0.25) is 0 Å². The van der Waals surface area contributed by atoms with Gasteiger partial charge in [0.05, 0.1) is 51.4 Å². The van der Waals surface area contributed by atoms with Crippen LogP contribution in [-0.2, 0) is 0 Å². The van der Waals surface area contributed by atoms with Crippen molar-refractivity contribution in [2.24, 2.45) is 0 Å². The molecule has 10 aromatic rings. The van der Waals surface area contributed by atoms with E-state index >= 15 is 0 Å². The summed E-state index contributed by atoms with van der Waals surface area (Å²) >= 11 is 0. The molecule has 10 rings (SSSR count). The first-order chi connectivity index (χ1) is 29.6. The zero-order chi connectivity index (χ0) is 40.6. The van der Waals surface area contributed by atoms with Crippen molar-refractivity contribution >= 4 is 21.8 Å². The van der Waals surface area contributed by atoms with Gasteiger partial charge in [-0.05, 0) is 95.4 Å². The summed E-state index contributed by atoms with van der Waals surface area (Å²) < 4.78 is 2.35. The molecule has 280 valence electrons. The Balaban J connectivity index is 1.33. The van der Waals surface area contributed by atoms with Gasteiger partial charge in [-0.15, -0.1) is 0 Å². The van der Waals surface area contributed by atoms with Crippen LogP contribution < -0.4 is 0 Å². The topological polar surface area (TPSA) is 78.3 Å². The van der Waals surface area contributed by atoms with Crippen molar-refractivity contribution in [2.45, 2.75) is 6.92 Å². The van der Waals surface area contributed by atoms with Crippen LogP contribution in [0.3, 0.4) is 0 Å². The molecular formula is C55H35N5. The molecule has 5 nitrogen and oxygen atoms in total. The quantitative estimate of drug-likeness (QED) is 0.162. The summed E-state index contributed by atoms with van der Waals surface area (Å²) in [6, 6.07) is 70.7. The number of rotatable bonds is 7. The number of hydrogen-bond donors (Lipinski definition) is 0. The van der Waals surface area contributed by atoms with Crippen LogP contribution in [0.15, 0.2) is 194 Å². The van der Waals surface area contributed by atoms with E-state index < -0.39 is 0 Å². The third-order valence-electron chi connectivity index (χ3n) is 11.2. The fourth-order valence-corrected chi connectivity index (χ4v) is 8.32. The Morgan fingerprint density at radius 3 is 1.58 bits per heavy atom. The molecule has 0 N–H and O–H groups in total. The Bertz CT molecular complexity index is 3210. The molecule has 0 aliphatic heterocycles. The van der Waals surface area contributed by atoms with Crippen molar-refractivity contribution in [3.05, 3.63) is 211 Å². The van der Waals surface area contributed by atoms with E-state index in [1.807, 2.05) is 84.9 Å². The summed E-state index contributed by atoms with van der Waals surface area (Å²) in [7, 11) is 0. The maximum absolute atomic E-state index is 10.2. The van der Waals surface area contributed by atoms with E-state index in [1.165, 1.54) is 11.1 Å². The van der Waals surface area contributed by atoms with Gasteiger partial charge in [-0.1, -0.05) is 133 Å². The molecule has 0 radical (unpaired) electrons. The highest BCUT2D eigenvalue weighted by Gasteiger charge is 2.23. The van der Waals surface area contributed by atoms with Crippen LogP contribution in [-0.4, -0.2) is 14.5 Å². The molecule has 0 spiro atoms. The van der Waals surface area contributed by atoms with Crippen molar-refractivity contribution in [1.29, 1.82) is 10.5 Å². The Hall–Kier alpha value is -8.38. The van der Waals surface area contributed by atoms with Crippen LogP contribution in [0.1, 0.15) is 16.7 Å². The molecule has 0 aliphatic carbocycles. The molecule has 0 bridgehead atoms. The summed E-state index contributed by atoms with van der Waals surface area (Å²) in [5.41, 5.74) is 15.6. The SMILES string of the molecule is Cc1ccccc1-c1ccc2c(c1)c1ccccc1n2-c1c(-c2cccc(C#N)c2)cc(-c2cc(-c3ccccc3)nc(-c3ccccc3)n2)cc1-c1cccc(C#N)c1. The van der Waals surface area contributed by atoms with Gasteiger partial charge in [-0.3, -0.25) is 0 Å². The summed E-state index contributed by atoms with van der Waals surface area (Å²) in [5.74, 6) is 0.615. The lowest BCUT2D eigenvalue weighted by molar-refractivity contribution is 1.17. The van der Waals surface area contributed by atoms with Crippen molar-refractivity contribution in [1.82, 2.24) is 14.5 Å². The minimum atomic E-state index is 0.557. The second-order valence-corrected chi connectivity index (χ2v) is 14.9. The Kier molecular flexibility index (Phi) is 9.10. The van der Waals surface area contributed by atoms with Crippen LogP contribution in [0.25, 0.3) is 94.8 Å². The Morgan fingerprint density at radius 2 is 0.933 bits per heavy atom. The van der Waals surface area contributed by atoms with Crippen LogP contribution in [0.2, 0.25) is 0 Å². The predicted octanol–water partition coefficient (Wildman–Crippen LogP) is 13.6. The summed E-state index contributed by atoms with van der Waals surface area (Å²) in [5, 5.41) is 22.6. The van der Waals surface area contributed by atoms with Gasteiger partial charge in [-0.25, -0.2) is 9.97 Å². The summed E-state index contributed by atoms with van der Waals surface area (Å²) in [4.78, 5) is 10.3. The molecule has 5 heteroatoms. The number of nitriles is 2. The molecule has 0 fully saturated rings. The maximum Gasteiger partial charge on any atom is 0.160 e. The molecule has 8 aromatic carbocycles. The van der Waals surface area contributed by atoms with Crippen molar-refractivity contribution in [3.8, 4) is 85.1 Å². The highest BCUT2D eigenvalue weighted by molar-refractivity contribution is 6.12. The fourth-order valence-electron chi connectivity index (χ4n) is 8.32. The minimum absolute atomic E-state index is 0.557. The number of aromatic nitrogens is 3. The first kappa shape index (κ1) is 36.0. The molecule has 2 aromatic heterocycles. The largest absolute Gasteiger partial charge is 0.308 e. The third-order valence-corrected chi connectivity index (χ3v) is 11.2. The van der Waals surface area contributed by atoms with Crippen LogP contribution in [0.5, 0.6) is 0 Å². The zero-order valence-corrected chi connectivity index (χ0v) is 32.7. The van der Waals surface area contributed by atoms with Crippen LogP contribution >= 0.6 is 0 Å². The predicted molar refractivity (Wildman–Crippen MR) is 243 cm³/mol. The van der Waals surface area contributed by atoms with E-state index in [0.29, 0.717) is 17.0 Å². The van der Waals surface area contributed by atoms with Gasteiger partial charge in [0.1, 0.15) is 0 Å². The number of benzene rings is 8. The molecule has 60 heavy (non-hydrogen) atoms. The molecule has 0 saturated heterocycles. The van der Waals surface area contributed by atoms with Gasteiger partial charge in [0.25, 0.3) is 0 Å².